The minimum atomic E-state index is 0.111. The fourth-order valence-corrected chi connectivity index (χ4v) is 2.27. The van der Waals surface area contributed by atoms with Gasteiger partial charge in [-0.1, -0.05) is 0 Å². The van der Waals surface area contributed by atoms with Crippen molar-refractivity contribution in [1.29, 1.82) is 0 Å². The Morgan fingerprint density at radius 3 is 2.60 bits per heavy atom. The molecule has 0 atom stereocenters. The van der Waals surface area contributed by atoms with Gasteiger partial charge in [0.2, 0.25) is 5.91 Å². The molecule has 1 aliphatic rings. The number of hydrogen-bond acceptors (Lipinski definition) is 5. The molecule has 0 spiro atoms. The summed E-state index contributed by atoms with van der Waals surface area (Å²) < 4.78 is 1.59. The van der Waals surface area contributed by atoms with Crippen molar-refractivity contribution in [3.05, 3.63) is 12.4 Å². The summed E-state index contributed by atoms with van der Waals surface area (Å²) in [5.74, 6) is 0.111. The molecule has 0 bridgehead atoms. The molecular formula is C13H24N6O. The van der Waals surface area contributed by atoms with Gasteiger partial charge in [-0.15, -0.1) is 0 Å². The molecule has 0 aliphatic carbocycles. The number of carbonyl (C=O) groups is 1. The van der Waals surface area contributed by atoms with E-state index < -0.39 is 0 Å². The second kappa shape index (κ2) is 6.71. The number of anilines is 1. The van der Waals surface area contributed by atoms with E-state index in [1.54, 1.807) is 17.1 Å². The highest BCUT2D eigenvalue weighted by atomic mass is 16.2. The van der Waals surface area contributed by atoms with Crippen molar-refractivity contribution < 1.29 is 4.79 Å². The summed E-state index contributed by atoms with van der Waals surface area (Å²) in [5.41, 5.74) is 6.18. The quantitative estimate of drug-likeness (QED) is 0.762. The van der Waals surface area contributed by atoms with Crippen molar-refractivity contribution in [2.24, 2.45) is 0 Å². The van der Waals surface area contributed by atoms with E-state index in [0.717, 1.165) is 39.3 Å². The largest absolute Gasteiger partial charge is 0.396 e. The first-order valence-electron chi connectivity index (χ1n) is 6.97. The SMILES string of the molecule is CN(C)CCN1CCN(C(=O)Cn2cc(N)cn2)CC1. The van der Waals surface area contributed by atoms with Gasteiger partial charge in [0, 0.05) is 45.5 Å². The number of rotatable bonds is 5. The van der Waals surface area contributed by atoms with Crippen LogP contribution in [0.5, 0.6) is 0 Å². The maximum atomic E-state index is 12.1. The highest BCUT2D eigenvalue weighted by Gasteiger charge is 2.21. The smallest absolute Gasteiger partial charge is 0.244 e. The molecule has 112 valence electrons. The van der Waals surface area contributed by atoms with Crippen molar-refractivity contribution >= 4 is 11.6 Å². The van der Waals surface area contributed by atoms with Crippen LogP contribution in [0.15, 0.2) is 12.4 Å². The second-order valence-electron chi connectivity index (χ2n) is 5.50. The van der Waals surface area contributed by atoms with Gasteiger partial charge in [-0.3, -0.25) is 14.4 Å². The molecule has 2 heterocycles. The third-order valence-corrected chi connectivity index (χ3v) is 3.54. The monoisotopic (exact) mass is 280 g/mol. The lowest BCUT2D eigenvalue weighted by molar-refractivity contribution is -0.133. The summed E-state index contributed by atoms with van der Waals surface area (Å²) in [7, 11) is 4.16. The van der Waals surface area contributed by atoms with Gasteiger partial charge in [0.05, 0.1) is 11.9 Å². The number of nitrogens with two attached hydrogens (primary N) is 1. The van der Waals surface area contributed by atoms with Gasteiger partial charge >= 0.3 is 0 Å². The predicted octanol–water partition coefficient (Wildman–Crippen LogP) is -0.829. The van der Waals surface area contributed by atoms with E-state index in [9.17, 15) is 4.79 Å². The van der Waals surface area contributed by atoms with Crippen LogP contribution in [0.3, 0.4) is 0 Å². The number of nitrogens with zero attached hydrogens (tertiary/aromatic N) is 5. The zero-order valence-corrected chi connectivity index (χ0v) is 12.3. The van der Waals surface area contributed by atoms with Gasteiger partial charge in [0.25, 0.3) is 0 Å². The number of nitrogen functional groups attached to an aromatic ring is 1. The van der Waals surface area contributed by atoms with E-state index in [1.807, 2.05) is 4.90 Å². The zero-order chi connectivity index (χ0) is 14.5. The maximum Gasteiger partial charge on any atom is 0.244 e. The third-order valence-electron chi connectivity index (χ3n) is 3.54. The van der Waals surface area contributed by atoms with Crippen LogP contribution in [-0.2, 0) is 11.3 Å². The van der Waals surface area contributed by atoms with Crippen molar-refractivity contribution in [1.82, 2.24) is 24.5 Å². The Morgan fingerprint density at radius 1 is 1.35 bits per heavy atom. The average Bonchev–Trinajstić information content (AvgIpc) is 2.82. The van der Waals surface area contributed by atoms with E-state index in [1.165, 1.54) is 0 Å². The summed E-state index contributed by atoms with van der Waals surface area (Å²) in [6.07, 6.45) is 3.25. The van der Waals surface area contributed by atoms with Crippen molar-refractivity contribution in [2.75, 3.05) is 59.1 Å². The molecule has 1 saturated heterocycles. The lowest BCUT2D eigenvalue weighted by Gasteiger charge is -2.35. The van der Waals surface area contributed by atoms with E-state index >= 15 is 0 Å². The Labute approximate surface area is 119 Å². The molecule has 0 aromatic carbocycles. The molecule has 0 radical (unpaired) electrons. The third kappa shape index (κ3) is 4.21. The first-order valence-corrected chi connectivity index (χ1v) is 6.97. The van der Waals surface area contributed by atoms with Gasteiger partial charge in [-0.05, 0) is 14.1 Å². The molecule has 0 unspecified atom stereocenters. The predicted molar refractivity (Wildman–Crippen MR) is 78.2 cm³/mol. The normalized spacial score (nSPS) is 16.9. The van der Waals surface area contributed by atoms with Crippen LogP contribution in [-0.4, -0.2) is 83.8 Å². The summed E-state index contributed by atoms with van der Waals surface area (Å²) in [6, 6.07) is 0. The van der Waals surface area contributed by atoms with E-state index in [4.69, 9.17) is 5.73 Å². The Morgan fingerprint density at radius 2 is 2.05 bits per heavy atom. The highest BCUT2D eigenvalue weighted by Crippen LogP contribution is 2.04. The van der Waals surface area contributed by atoms with Crippen LogP contribution < -0.4 is 5.73 Å². The number of likely N-dealkylation sites (N-methyl/N-ethyl adjacent to an activating group) is 1. The van der Waals surface area contributed by atoms with Crippen LogP contribution in [0, 0.1) is 0 Å². The molecule has 20 heavy (non-hydrogen) atoms. The maximum absolute atomic E-state index is 12.1. The van der Waals surface area contributed by atoms with Crippen LogP contribution in [0.1, 0.15) is 0 Å². The fraction of sp³-hybridized carbons (Fsp3) is 0.692. The number of amides is 1. The van der Waals surface area contributed by atoms with Crippen LogP contribution in [0.4, 0.5) is 5.69 Å². The van der Waals surface area contributed by atoms with Gasteiger partial charge in [-0.2, -0.15) is 5.10 Å². The van der Waals surface area contributed by atoms with Gasteiger partial charge < -0.3 is 15.5 Å². The number of aromatic nitrogens is 2. The molecule has 1 aromatic rings. The van der Waals surface area contributed by atoms with E-state index in [2.05, 4.69) is 29.0 Å². The Hall–Kier alpha value is -1.60. The van der Waals surface area contributed by atoms with Crippen LogP contribution in [0.25, 0.3) is 0 Å². The molecule has 0 saturated carbocycles. The molecule has 7 nitrogen and oxygen atoms in total. The van der Waals surface area contributed by atoms with E-state index in [-0.39, 0.29) is 12.5 Å². The Balaban J connectivity index is 1.74. The van der Waals surface area contributed by atoms with Crippen molar-refractivity contribution in [2.45, 2.75) is 6.54 Å². The van der Waals surface area contributed by atoms with Gasteiger partial charge in [-0.25, -0.2) is 0 Å². The molecule has 1 aliphatic heterocycles. The first-order chi connectivity index (χ1) is 9.54. The first kappa shape index (κ1) is 14.8. The minimum absolute atomic E-state index is 0.111. The molecule has 2 N–H and O–H groups in total. The topological polar surface area (TPSA) is 70.6 Å². The molecular weight excluding hydrogens is 256 g/mol. The fourth-order valence-electron chi connectivity index (χ4n) is 2.27. The number of hydrogen-bond donors (Lipinski definition) is 1. The van der Waals surface area contributed by atoms with Crippen molar-refractivity contribution in [3.63, 3.8) is 0 Å². The molecule has 7 heteroatoms. The minimum Gasteiger partial charge on any atom is -0.396 e. The summed E-state index contributed by atoms with van der Waals surface area (Å²) in [5, 5.41) is 4.04. The van der Waals surface area contributed by atoms with Crippen LogP contribution in [0.2, 0.25) is 0 Å². The van der Waals surface area contributed by atoms with Crippen LogP contribution >= 0.6 is 0 Å². The average molecular weight is 280 g/mol. The van der Waals surface area contributed by atoms with Gasteiger partial charge in [0.1, 0.15) is 6.54 Å². The molecule has 1 fully saturated rings. The lowest BCUT2D eigenvalue weighted by Crippen LogP contribution is -2.50. The summed E-state index contributed by atoms with van der Waals surface area (Å²) in [6.45, 7) is 5.87. The van der Waals surface area contributed by atoms with E-state index in [0.29, 0.717) is 5.69 Å². The summed E-state index contributed by atoms with van der Waals surface area (Å²) >= 11 is 0. The molecule has 2 rings (SSSR count). The van der Waals surface area contributed by atoms with Gasteiger partial charge in [0.15, 0.2) is 0 Å². The standard InChI is InChI=1S/C13H24N6O/c1-16(2)3-4-17-5-7-18(8-6-17)13(20)11-19-10-12(14)9-15-19/h9-10H,3-8,11,14H2,1-2H3. The summed E-state index contributed by atoms with van der Waals surface area (Å²) in [4.78, 5) is 18.6. The Bertz CT molecular complexity index is 436. The lowest BCUT2D eigenvalue weighted by atomic mass is 10.3. The highest BCUT2D eigenvalue weighted by molar-refractivity contribution is 5.76. The molecule has 1 aromatic heterocycles. The Kier molecular flexibility index (Phi) is 4.97. The zero-order valence-electron chi connectivity index (χ0n) is 12.3. The van der Waals surface area contributed by atoms with Crippen molar-refractivity contribution in [3.8, 4) is 0 Å². The number of piperazine rings is 1. The molecule has 1 amide bonds. The number of carbonyl (C=O) groups excluding carboxylic acids is 1. The second-order valence-corrected chi connectivity index (χ2v) is 5.50.